The van der Waals surface area contributed by atoms with Gasteiger partial charge in [0.15, 0.2) is 0 Å². The molecule has 12 heavy (non-hydrogen) atoms. The van der Waals surface area contributed by atoms with Crippen molar-refractivity contribution < 1.29 is 8.39 Å². The highest BCUT2D eigenvalue weighted by Crippen LogP contribution is 2.29. The predicted molar refractivity (Wildman–Crippen MR) is 52.0 cm³/mol. The van der Waals surface area contributed by atoms with Gasteiger partial charge >= 0.3 is 0 Å². The highest BCUT2D eigenvalue weighted by Gasteiger charge is 2.30. The molecule has 72 valence electrons. The molecule has 4 atom stereocenters. The van der Waals surface area contributed by atoms with E-state index in [0.29, 0.717) is 6.42 Å². The van der Waals surface area contributed by atoms with Crippen LogP contribution in [0.5, 0.6) is 0 Å². The van der Waals surface area contributed by atoms with E-state index in [2.05, 4.69) is 0 Å². The molecular weight excluding hydrogens is 242 g/mol. The van der Waals surface area contributed by atoms with E-state index in [-0.39, 0.29) is 16.9 Å². The van der Waals surface area contributed by atoms with Crippen molar-refractivity contribution in [1.82, 2.24) is 0 Å². The van der Waals surface area contributed by atoms with Gasteiger partial charge in [-0.05, 0) is 19.3 Å². The molecule has 0 aromatic rings. The van der Waals surface area contributed by atoms with Gasteiger partial charge in [-0.15, -0.1) is 23.2 Å². The molecule has 0 N–H and O–H groups in total. The minimum absolute atomic E-state index is 0.108. The van der Waals surface area contributed by atoms with E-state index >= 15 is 0 Å². The standard InChI is InChI=1S/C6H9Cl3O2S/c7-4-1-2-6(5(8)3-4)11-12(9)10/h4-6H,1-3H2. The molecule has 2 nitrogen and oxygen atoms in total. The van der Waals surface area contributed by atoms with Crippen molar-refractivity contribution in [3.63, 3.8) is 0 Å². The van der Waals surface area contributed by atoms with Crippen LogP contribution >= 0.6 is 33.9 Å². The fraction of sp³-hybridized carbons (Fsp3) is 1.00. The van der Waals surface area contributed by atoms with Crippen LogP contribution in [-0.2, 0) is 14.5 Å². The smallest absolute Gasteiger partial charge is 0.256 e. The first kappa shape index (κ1) is 11.1. The van der Waals surface area contributed by atoms with E-state index in [1.54, 1.807) is 0 Å². The maximum Gasteiger partial charge on any atom is 0.256 e. The lowest BCUT2D eigenvalue weighted by atomic mass is 9.97. The lowest BCUT2D eigenvalue weighted by molar-refractivity contribution is 0.183. The fourth-order valence-electron chi connectivity index (χ4n) is 1.25. The zero-order valence-corrected chi connectivity index (χ0v) is 9.30. The Kier molecular flexibility index (Phi) is 4.62. The molecular formula is C6H9Cl3O2S. The molecule has 0 saturated heterocycles. The van der Waals surface area contributed by atoms with Gasteiger partial charge in [0, 0.05) is 16.1 Å². The number of hydrogen-bond donors (Lipinski definition) is 0. The van der Waals surface area contributed by atoms with Crippen molar-refractivity contribution in [1.29, 1.82) is 0 Å². The second kappa shape index (κ2) is 5.01. The van der Waals surface area contributed by atoms with Gasteiger partial charge in [-0.1, -0.05) is 0 Å². The molecule has 1 aliphatic carbocycles. The third-order valence-corrected chi connectivity index (χ3v) is 3.32. The molecule has 0 spiro atoms. The summed E-state index contributed by atoms with van der Waals surface area (Å²) in [6.07, 6.45) is 2.02. The van der Waals surface area contributed by atoms with Gasteiger partial charge in [0.1, 0.15) is 0 Å². The first-order chi connectivity index (χ1) is 5.59. The summed E-state index contributed by atoms with van der Waals surface area (Å²) in [6.45, 7) is 0. The van der Waals surface area contributed by atoms with Crippen LogP contribution < -0.4 is 0 Å². The first-order valence-electron chi connectivity index (χ1n) is 3.63. The summed E-state index contributed by atoms with van der Waals surface area (Å²) < 4.78 is 15.4. The molecule has 0 bridgehead atoms. The van der Waals surface area contributed by atoms with E-state index in [9.17, 15) is 4.21 Å². The van der Waals surface area contributed by atoms with Crippen LogP contribution in [0.2, 0.25) is 0 Å². The number of rotatable bonds is 2. The molecule has 1 saturated carbocycles. The highest BCUT2D eigenvalue weighted by atomic mass is 35.7. The molecule has 0 amide bonds. The van der Waals surface area contributed by atoms with E-state index in [1.165, 1.54) is 0 Å². The second-order valence-electron chi connectivity index (χ2n) is 2.76. The Hall–Kier alpha value is 0.980. The molecule has 0 aliphatic heterocycles. The molecule has 0 radical (unpaired) electrons. The molecule has 0 heterocycles. The summed E-state index contributed by atoms with van der Waals surface area (Å²) in [7, 11) is 3.42. The van der Waals surface area contributed by atoms with Crippen LogP contribution in [0, 0.1) is 0 Å². The maximum absolute atomic E-state index is 10.5. The minimum atomic E-state index is -1.75. The summed E-state index contributed by atoms with van der Waals surface area (Å²) in [5.41, 5.74) is 0. The Morgan fingerprint density at radius 3 is 2.50 bits per heavy atom. The lowest BCUT2D eigenvalue weighted by Crippen LogP contribution is -2.32. The van der Waals surface area contributed by atoms with E-state index in [0.717, 1.165) is 12.8 Å². The van der Waals surface area contributed by atoms with Crippen LogP contribution in [-0.4, -0.2) is 21.1 Å². The van der Waals surface area contributed by atoms with Crippen molar-refractivity contribution >= 4 is 44.2 Å². The molecule has 6 heteroatoms. The topological polar surface area (TPSA) is 26.3 Å². The highest BCUT2D eigenvalue weighted by molar-refractivity contribution is 8.04. The largest absolute Gasteiger partial charge is 0.273 e. The van der Waals surface area contributed by atoms with Gasteiger partial charge in [0.25, 0.3) is 10.3 Å². The van der Waals surface area contributed by atoms with Gasteiger partial charge < -0.3 is 0 Å². The van der Waals surface area contributed by atoms with Gasteiger partial charge in [0.2, 0.25) is 0 Å². The quantitative estimate of drug-likeness (QED) is 0.557. The SMILES string of the molecule is O=S(Cl)OC1CCC(Cl)CC1Cl. The summed E-state index contributed by atoms with van der Waals surface area (Å²) in [5.74, 6) is 0. The zero-order chi connectivity index (χ0) is 9.14. The summed E-state index contributed by atoms with van der Waals surface area (Å²) in [4.78, 5) is 0. The van der Waals surface area contributed by atoms with Crippen molar-refractivity contribution in [2.75, 3.05) is 0 Å². The van der Waals surface area contributed by atoms with E-state index < -0.39 is 10.3 Å². The van der Waals surface area contributed by atoms with Crippen LogP contribution in [0.3, 0.4) is 0 Å². The van der Waals surface area contributed by atoms with Crippen molar-refractivity contribution in [2.45, 2.75) is 36.1 Å². The third-order valence-electron chi connectivity index (χ3n) is 1.85. The van der Waals surface area contributed by atoms with Crippen LogP contribution in [0.4, 0.5) is 0 Å². The number of alkyl halides is 2. The molecule has 1 rings (SSSR count). The number of halogens is 3. The van der Waals surface area contributed by atoms with E-state index in [4.69, 9.17) is 38.1 Å². The molecule has 4 unspecified atom stereocenters. The Labute approximate surface area is 88.7 Å². The van der Waals surface area contributed by atoms with Crippen LogP contribution in [0.15, 0.2) is 0 Å². The zero-order valence-electron chi connectivity index (χ0n) is 6.21. The third kappa shape index (κ3) is 3.38. The Bertz CT molecular complexity index is 178. The van der Waals surface area contributed by atoms with Crippen LogP contribution in [0.1, 0.15) is 19.3 Å². The average molecular weight is 252 g/mol. The molecule has 1 fully saturated rings. The summed E-state index contributed by atoms with van der Waals surface area (Å²) >= 11 is 11.8. The van der Waals surface area contributed by atoms with Crippen molar-refractivity contribution in [3.8, 4) is 0 Å². The predicted octanol–water partition coefficient (Wildman–Crippen LogP) is 2.59. The van der Waals surface area contributed by atoms with Gasteiger partial charge in [-0.3, -0.25) is 4.18 Å². The molecule has 0 aromatic heterocycles. The number of hydrogen-bond acceptors (Lipinski definition) is 2. The summed E-state index contributed by atoms with van der Waals surface area (Å²) in [5, 5.41) is -0.0694. The molecule has 1 aliphatic rings. The Morgan fingerprint density at radius 2 is 2.00 bits per heavy atom. The first-order valence-corrected chi connectivity index (χ1v) is 6.40. The Morgan fingerprint density at radius 1 is 1.33 bits per heavy atom. The second-order valence-corrected chi connectivity index (χ2v) is 5.27. The van der Waals surface area contributed by atoms with E-state index in [1.807, 2.05) is 0 Å². The summed E-state index contributed by atoms with van der Waals surface area (Å²) in [6, 6.07) is 0. The van der Waals surface area contributed by atoms with Crippen molar-refractivity contribution in [3.05, 3.63) is 0 Å². The fourth-order valence-corrected chi connectivity index (χ4v) is 2.81. The minimum Gasteiger partial charge on any atom is -0.273 e. The Balaban J connectivity index is 2.39. The maximum atomic E-state index is 10.5. The monoisotopic (exact) mass is 250 g/mol. The van der Waals surface area contributed by atoms with Gasteiger partial charge in [-0.2, -0.15) is 0 Å². The van der Waals surface area contributed by atoms with Crippen molar-refractivity contribution in [2.24, 2.45) is 0 Å². The molecule has 0 aromatic carbocycles. The van der Waals surface area contributed by atoms with Gasteiger partial charge in [0.05, 0.1) is 11.5 Å². The van der Waals surface area contributed by atoms with Crippen LogP contribution in [0.25, 0.3) is 0 Å². The normalized spacial score (nSPS) is 39.4. The van der Waals surface area contributed by atoms with Gasteiger partial charge in [-0.25, -0.2) is 4.21 Å². The lowest BCUT2D eigenvalue weighted by Gasteiger charge is -2.27. The average Bonchev–Trinajstić information content (AvgIpc) is 1.94.